The predicted octanol–water partition coefficient (Wildman–Crippen LogP) is -0.374. The smallest absolute Gasteiger partial charge is 0.434 e. The molecule has 0 saturated heterocycles. The Bertz CT molecular complexity index is 4660. The quantitative estimate of drug-likeness (QED) is 0.0195. The van der Waals surface area contributed by atoms with Crippen molar-refractivity contribution in [1.82, 2.24) is 68.4 Å². The fourth-order valence-corrected chi connectivity index (χ4v) is 14.1. The van der Waals surface area contributed by atoms with Gasteiger partial charge in [-0.15, -0.1) is 0 Å². The summed E-state index contributed by atoms with van der Waals surface area (Å²) < 4.78 is 126. The van der Waals surface area contributed by atoms with Gasteiger partial charge in [-0.1, -0.05) is 84.9 Å². The second-order valence-electron chi connectivity index (χ2n) is 33.5. The van der Waals surface area contributed by atoms with Crippen LogP contribution in [0.25, 0.3) is 0 Å². The third-order valence-corrected chi connectivity index (χ3v) is 22.7. The molecule has 20 N–H and O–H groups in total. The Morgan fingerprint density at radius 2 is 0.727 bits per heavy atom. The number of unbranched alkanes of at least 4 members (excludes halogenated alkanes) is 4. The van der Waals surface area contributed by atoms with Crippen LogP contribution in [0, 0.1) is 6.92 Å². The molecule has 0 fully saturated rings. The summed E-state index contributed by atoms with van der Waals surface area (Å²) in [5.41, 5.74) is 23.1. The lowest BCUT2D eigenvalue weighted by Gasteiger charge is -2.23. The van der Waals surface area contributed by atoms with E-state index in [4.69, 9.17) is 65.3 Å². The van der Waals surface area contributed by atoms with Gasteiger partial charge in [0.15, 0.2) is 19.7 Å². The van der Waals surface area contributed by atoms with Crippen molar-refractivity contribution in [1.29, 1.82) is 0 Å². The molecule has 143 heavy (non-hydrogen) atoms. The summed E-state index contributed by atoms with van der Waals surface area (Å²) in [4.78, 5) is 189. The molecule has 0 unspecified atom stereocenters. The summed E-state index contributed by atoms with van der Waals surface area (Å²) in [6.45, 7) is 14.2. The van der Waals surface area contributed by atoms with Gasteiger partial charge in [-0.05, 0) is 175 Å². The second kappa shape index (κ2) is 74.7. The number of rotatable bonds is 69. The van der Waals surface area contributed by atoms with Crippen LogP contribution in [0.1, 0.15) is 135 Å². The van der Waals surface area contributed by atoms with Crippen molar-refractivity contribution >= 4 is 113 Å². The summed E-state index contributed by atoms with van der Waals surface area (Å²) in [6.07, 6.45) is 3.38. The van der Waals surface area contributed by atoms with Crippen molar-refractivity contribution in [3.8, 4) is 0 Å². The van der Waals surface area contributed by atoms with E-state index in [1.165, 1.54) is 38.3 Å². The Hall–Kier alpha value is -11.2. The van der Waals surface area contributed by atoms with Gasteiger partial charge in [0.05, 0.1) is 103 Å². The van der Waals surface area contributed by atoms with E-state index in [2.05, 4.69) is 59.7 Å². The Morgan fingerprint density at radius 1 is 0.413 bits per heavy atom. The van der Waals surface area contributed by atoms with Crippen LogP contribution in [0.4, 0.5) is 18.4 Å². The summed E-state index contributed by atoms with van der Waals surface area (Å²) in [5, 5.41) is 46.7. The number of carboxylic acids is 2. The van der Waals surface area contributed by atoms with Crippen molar-refractivity contribution in [2.45, 2.75) is 191 Å². The van der Waals surface area contributed by atoms with E-state index in [9.17, 15) is 111 Å². The van der Waals surface area contributed by atoms with Crippen LogP contribution < -0.4 is 76.1 Å². The number of hydrogen-bond acceptors (Lipinski definition) is 34. The maximum Gasteiger partial charge on any atom is 0.434 e. The lowest BCUT2D eigenvalue weighted by molar-refractivity contribution is -0.148. The monoisotopic (exact) mass is 2100 g/mol. The highest BCUT2D eigenvalue weighted by Gasteiger charge is 2.32. The number of carboxylic acid groups (broad SMARTS) is 2. The molecule has 0 radical (unpaired) electrons. The van der Waals surface area contributed by atoms with Gasteiger partial charge in [0.1, 0.15) is 72.3 Å². The van der Waals surface area contributed by atoms with Crippen molar-refractivity contribution < 1.29 is 154 Å². The van der Waals surface area contributed by atoms with E-state index in [0.29, 0.717) is 94.1 Å². The number of hydrogen-bond donors (Lipinski definition) is 16. The minimum absolute atomic E-state index is 0.00780. The summed E-state index contributed by atoms with van der Waals surface area (Å²) in [7, 11) is -7.23. The van der Waals surface area contributed by atoms with Crippen LogP contribution in [0.2, 0.25) is 0 Å². The van der Waals surface area contributed by atoms with Crippen molar-refractivity contribution in [3.63, 3.8) is 0 Å². The highest BCUT2D eigenvalue weighted by Crippen LogP contribution is 2.16. The molecule has 53 heteroatoms. The molecule has 3 rings (SSSR count). The van der Waals surface area contributed by atoms with Crippen LogP contribution in [0.5, 0.6) is 0 Å². The normalized spacial score (nSPS) is 12.6. The third kappa shape index (κ3) is 67.9. The number of alkyl halides is 2. The Morgan fingerprint density at radius 3 is 1.06 bits per heavy atom. The van der Waals surface area contributed by atoms with Gasteiger partial charge < -0.3 is 110 Å². The number of sulfone groups is 2. The lowest BCUT2D eigenvalue weighted by Crippen LogP contribution is -2.54. The van der Waals surface area contributed by atoms with E-state index in [-0.39, 0.29) is 116 Å². The highest BCUT2D eigenvalue weighted by molar-refractivity contribution is 7.94. The lowest BCUT2D eigenvalue weighted by atomic mass is 10.1. The fourth-order valence-electron chi connectivity index (χ4n) is 11.5. The molecule has 12 amide bonds. The Kier molecular flexibility index (Phi) is 68.8. The molecular weight excluding hydrogens is 1950 g/mol. The van der Waals surface area contributed by atoms with Crippen LogP contribution in [-0.2, 0) is 143 Å². The molecule has 0 spiro atoms. The zero-order chi connectivity index (χ0) is 108. The standard InChI is InChI=1S/C34H57FN8O11S.C29H45N7O9S.C17H27NO7S.C10H20FNO4/c1-43(54-19-18-53-17-13-35)16-20-55(51,52)24-31(46)40-26(11-5-7-14-36)32(47)38-23-30(45)42-28(21-25-9-3-2-4-10-25)33(48)39-22-29(44)41-27(34(49)50)12-6-8-15-37;1-2-46(44,45)19-26(39)34-21(12-6-8-14-30)27(40)32-18-25(38)36-23(16-20-10-4-3-5-11-20)28(41)33-17-24(37)35-22(29(42)43)13-7-9-15-31;1-14-6-8-15(9-7-14)26(20,21)24-13-11-22-10-12-23-18(5)16(19)25-17(2,3)4;1-10(2,3)16-9(13)12(4)15-8-7-14-6-5-11/h2-4,9-10,26-28H,5-8,11-24,36-37H2,1H3,(H,38,47)(H,39,48)(H,40,46)(H,41,44)(H,42,45)(H,49,50);2-5,10-11,21-23H,1,6-9,12-19,30-31H2,(H,32,40)(H,33,41)(H,34,39)(H,35,37)(H,36,38)(H,42,43);6-9H,10-13H2,1-5H3;5-8H2,1-4H3/t26-,27-,28-;21-,22-,23-;;/m00../s1/i35-1;;;11-1. The maximum absolute atomic E-state index is 13.2. The number of aryl methyl sites for hydroxylation is 1. The number of benzene rings is 3. The number of nitrogens with one attached hydrogen (secondary N) is 10. The van der Waals surface area contributed by atoms with Crippen molar-refractivity contribution in [2.24, 2.45) is 22.9 Å². The predicted molar refractivity (Wildman–Crippen MR) is 521 cm³/mol. The molecule has 3 aromatic carbocycles. The van der Waals surface area contributed by atoms with E-state index >= 15 is 0 Å². The van der Waals surface area contributed by atoms with Crippen molar-refractivity contribution in [3.05, 3.63) is 114 Å². The van der Waals surface area contributed by atoms with E-state index in [0.717, 1.165) is 15.7 Å². The van der Waals surface area contributed by atoms with Crippen LogP contribution in [-0.4, -0.2) is 358 Å². The fraction of sp³-hybridized carbons (Fsp3) is 0.622. The van der Waals surface area contributed by atoms with Gasteiger partial charge in [0.25, 0.3) is 10.1 Å². The first-order valence-corrected chi connectivity index (χ1v) is 51.0. The molecule has 812 valence electrons. The summed E-state index contributed by atoms with van der Waals surface area (Å²) in [6, 6.07) is 16.6. The van der Waals surface area contributed by atoms with Crippen LogP contribution in [0.15, 0.2) is 102 Å². The SMILES string of the molecule is C=CS(=O)(=O)CC(=O)N[C@@H](CCCCN)C(=O)NCC(=O)N[C@@H](Cc1ccccc1)C(=O)NCC(=O)N[C@@H](CCCCN)C(=O)O.CN(CCS(=O)(=O)CC(=O)N[C@@H](CCCCN)C(=O)NCC(=O)N[C@@H](Cc1ccccc1)C(=O)NCC(=O)N[C@@H](CCCCN)C(=O)O)OCCOCC[18F].CN(OCCOCC[18F])C(=O)OC(C)(C)C.Cc1ccc(S(=O)(=O)OCCOCCON(C)C(=O)OC(C)(C)C)cc1. The van der Waals surface area contributed by atoms with Gasteiger partial charge in [-0.3, -0.25) is 66.6 Å². The van der Waals surface area contributed by atoms with E-state index in [1.54, 1.807) is 114 Å². The zero-order valence-electron chi connectivity index (χ0n) is 83.1. The minimum atomic E-state index is -3.93. The van der Waals surface area contributed by atoms with Gasteiger partial charge in [0, 0.05) is 45.9 Å². The first kappa shape index (κ1) is 132. The van der Waals surface area contributed by atoms with Gasteiger partial charge in [-0.25, -0.2) is 44.8 Å². The number of aliphatic carboxylic acids is 2. The molecule has 3 aromatic rings. The van der Waals surface area contributed by atoms with Crippen LogP contribution >= 0.6 is 0 Å². The molecule has 0 aliphatic carbocycles. The van der Waals surface area contributed by atoms with Gasteiger partial charge >= 0.3 is 24.1 Å². The zero-order valence-corrected chi connectivity index (χ0v) is 85.5. The Labute approximate surface area is 834 Å². The molecule has 0 aliphatic rings. The van der Waals surface area contributed by atoms with E-state index < -0.39 is 217 Å². The number of amides is 12. The highest BCUT2D eigenvalue weighted by atomic mass is 32.2. The number of carbonyl (C=O) groups is 14. The average molecular weight is 2100 g/mol. The number of hydroxylamine groups is 6. The number of nitrogens with zero attached hydrogens (tertiary/aromatic N) is 3. The maximum atomic E-state index is 13.2. The molecule has 0 aromatic heterocycles. The minimum Gasteiger partial charge on any atom is -0.480 e. The number of nitrogens with two attached hydrogens (primary N) is 4. The van der Waals surface area contributed by atoms with Crippen LogP contribution in [0.3, 0.4) is 0 Å². The largest absolute Gasteiger partial charge is 0.480 e. The molecule has 0 saturated carbocycles. The topological polar surface area (TPSA) is 699 Å². The molecular formula is C90H149F2N17O31S3. The average Bonchev–Trinajstić information content (AvgIpc) is 0.841. The molecule has 0 bridgehead atoms. The first-order chi connectivity index (χ1) is 67.4. The summed E-state index contributed by atoms with van der Waals surface area (Å²) >= 11 is 0. The molecule has 0 aliphatic heterocycles. The number of ether oxygens (including phenoxy) is 5. The summed E-state index contributed by atoms with van der Waals surface area (Å²) in [5.74, 6) is -12.6. The number of halogens is 2. The van der Waals surface area contributed by atoms with E-state index in [1.807, 2.05) is 6.92 Å². The van der Waals surface area contributed by atoms with Gasteiger partial charge in [-0.2, -0.15) is 23.6 Å². The Balaban J connectivity index is 0.00000204. The number of carbonyl (C=O) groups excluding carboxylic acids is 12. The third-order valence-electron chi connectivity index (χ3n) is 18.7. The second-order valence-corrected chi connectivity index (χ2v) is 39.2. The molecule has 0 heterocycles. The van der Waals surface area contributed by atoms with Gasteiger partial charge in [0.2, 0.25) is 59.1 Å². The molecule has 48 nitrogen and oxygen atoms in total. The molecule has 6 atom stereocenters. The first-order valence-electron chi connectivity index (χ1n) is 46.0. The van der Waals surface area contributed by atoms with Crippen molar-refractivity contribution in [2.75, 3.05) is 177 Å².